The summed E-state index contributed by atoms with van der Waals surface area (Å²) in [6.45, 7) is 2.20. The summed E-state index contributed by atoms with van der Waals surface area (Å²) in [5.74, 6) is 0. The molecule has 2 nitrogen and oxygen atoms in total. The van der Waals surface area contributed by atoms with Gasteiger partial charge in [0.2, 0.25) is 0 Å². The largest absolute Gasteiger partial charge is 0.317 e. The average molecular weight is 373 g/mol. The molecular weight excluding hydrogens is 348 g/mol. The van der Waals surface area contributed by atoms with Gasteiger partial charge >= 0.3 is 0 Å². The lowest BCUT2D eigenvalue weighted by molar-refractivity contribution is 0.368. The normalized spacial score (nSPS) is 16.7. The summed E-state index contributed by atoms with van der Waals surface area (Å²) >= 11 is 1.81. The molecule has 1 aromatic heterocycles. The Morgan fingerprint density at radius 3 is 2.67 bits per heavy atom. The molecule has 27 heavy (non-hydrogen) atoms. The topological polar surface area (TPSA) is 24.1 Å². The van der Waals surface area contributed by atoms with Gasteiger partial charge in [-0.1, -0.05) is 48.5 Å². The number of hydrogen-bond acceptors (Lipinski definition) is 3. The molecule has 1 aliphatic rings. The van der Waals surface area contributed by atoms with Crippen LogP contribution >= 0.6 is 11.3 Å². The smallest absolute Gasteiger partial charge is 0.0585 e. The fourth-order valence-electron chi connectivity index (χ4n) is 4.26. The van der Waals surface area contributed by atoms with Crippen molar-refractivity contribution >= 4 is 32.2 Å². The van der Waals surface area contributed by atoms with Crippen molar-refractivity contribution in [3.05, 3.63) is 83.2 Å². The second kappa shape index (κ2) is 7.43. The SMILES string of the molecule is c1ccc2c(C(NC3CCNCC3)c3ccc4sccc4c3)cccc2c1. The van der Waals surface area contributed by atoms with E-state index in [-0.39, 0.29) is 6.04 Å². The molecule has 1 saturated heterocycles. The van der Waals surface area contributed by atoms with Crippen molar-refractivity contribution in [3.8, 4) is 0 Å². The summed E-state index contributed by atoms with van der Waals surface area (Å²) in [4.78, 5) is 0. The molecule has 0 spiro atoms. The van der Waals surface area contributed by atoms with Gasteiger partial charge in [0.25, 0.3) is 0 Å². The summed E-state index contributed by atoms with van der Waals surface area (Å²) in [6, 6.07) is 25.4. The Kier molecular flexibility index (Phi) is 4.66. The third-order valence-corrected chi connectivity index (χ3v) is 6.58. The van der Waals surface area contributed by atoms with E-state index in [1.54, 1.807) is 0 Å². The molecule has 4 aromatic rings. The molecule has 1 aliphatic heterocycles. The number of piperidine rings is 1. The van der Waals surface area contributed by atoms with Crippen molar-refractivity contribution in [1.29, 1.82) is 0 Å². The van der Waals surface area contributed by atoms with Crippen molar-refractivity contribution in [3.63, 3.8) is 0 Å². The quantitative estimate of drug-likeness (QED) is 0.495. The van der Waals surface area contributed by atoms with E-state index in [4.69, 9.17) is 0 Å². The lowest BCUT2D eigenvalue weighted by Gasteiger charge is -2.30. The lowest BCUT2D eigenvalue weighted by atomic mass is 9.91. The first kappa shape index (κ1) is 16.9. The van der Waals surface area contributed by atoms with Crippen molar-refractivity contribution in [2.75, 3.05) is 13.1 Å². The third kappa shape index (κ3) is 3.39. The molecule has 0 saturated carbocycles. The van der Waals surface area contributed by atoms with Gasteiger partial charge in [-0.15, -0.1) is 11.3 Å². The summed E-state index contributed by atoms with van der Waals surface area (Å²) in [5.41, 5.74) is 2.73. The highest BCUT2D eigenvalue weighted by atomic mass is 32.1. The van der Waals surface area contributed by atoms with Crippen LogP contribution in [0.2, 0.25) is 0 Å². The molecule has 3 heteroatoms. The standard InChI is InChI=1S/C24H24N2S/c1-2-6-21-17(4-1)5-3-7-22(21)24(26-20-10-13-25-14-11-20)19-8-9-23-18(16-19)12-15-27-23/h1-9,12,15-16,20,24-26H,10-11,13-14H2. The Balaban J connectivity index is 1.62. The van der Waals surface area contributed by atoms with Crippen LogP contribution in [0, 0.1) is 0 Å². The fraction of sp³-hybridized carbons (Fsp3) is 0.250. The van der Waals surface area contributed by atoms with Crippen LogP contribution in [0.4, 0.5) is 0 Å². The number of rotatable bonds is 4. The second-order valence-electron chi connectivity index (χ2n) is 7.41. The van der Waals surface area contributed by atoms with E-state index in [9.17, 15) is 0 Å². The first-order valence-corrected chi connectivity index (χ1v) is 10.7. The van der Waals surface area contributed by atoms with Gasteiger partial charge in [-0.25, -0.2) is 0 Å². The van der Waals surface area contributed by atoms with Gasteiger partial charge in [-0.2, -0.15) is 0 Å². The number of thiophene rings is 1. The average Bonchev–Trinajstić information content (AvgIpc) is 3.20. The summed E-state index contributed by atoms with van der Waals surface area (Å²) in [6.07, 6.45) is 2.37. The summed E-state index contributed by atoms with van der Waals surface area (Å²) in [7, 11) is 0. The van der Waals surface area contributed by atoms with Crippen LogP contribution in [0.1, 0.15) is 30.0 Å². The molecule has 136 valence electrons. The van der Waals surface area contributed by atoms with Crippen molar-refractivity contribution in [2.45, 2.75) is 24.9 Å². The summed E-state index contributed by atoms with van der Waals surface area (Å²) < 4.78 is 1.36. The van der Waals surface area contributed by atoms with Gasteiger partial charge in [0, 0.05) is 10.7 Å². The van der Waals surface area contributed by atoms with E-state index in [1.807, 2.05) is 11.3 Å². The van der Waals surface area contributed by atoms with Crippen LogP contribution in [0.25, 0.3) is 20.9 Å². The molecule has 1 unspecified atom stereocenters. The van der Waals surface area contributed by atoms with Crippen molar-refractivity contribution in [1.82, 2.24) is 10.6 Å². The van der Waals surface area contributed by atoms with Crippen LogP contribution < -0.4 is 10.6 Å². The van der Waals surface area contributed by atoms with Gasteiger partial charge in [0.05, 0.1) is 6.04 Å². The Labute approximate surface area is 164 Å². The molecule has 2 N–H and O–H groups in total. The number of benzene rings is 3. The molecule has 1 fully saturated rings. The molecule has 0 bridgehead atoms. The van der Waals surface area contributed by atoms with E-state index >= 15 is 0 Å². The first-order chi connectivity index (χ1) is 13.4. The predicted octanol–water partition coefficient (Wildman–Crippen LogP) is 5.49. The maximum atomic E-state index is 4.00. The molecule has 0 radical (unpaired) electrons. The number of hydrogen-bond donors (Lipinski definition) is 2. The molecule has 1 atom stereocenters. The highest BCUT2D eigenvalue weighted by molar-refractivity contribution is 7.17. The highest BCUT2D eigenvalue weighted by Crippen LogP contribution is 2.32. The minimum Gasteiger partial charge on any atom is -0.317 e. The zero-order valence-electron chi connectivity index (χ0n) is 15.3. The first-order valence-electron chi connectivity index (χ1n) is 9.80. The minimum absolute atomic E-state index is 0.212. The van der Waals surface area contributed by atoms with Crippen LogP contribution in [0.15, 0.2) is 72.1 Å². The Morgan fingerprint density at radius 2 is 1.74 bits per heavy atom. The molecule has 3 aromatic carbocycles. The van der Waals surface area contributed by atoms with Crippen molar-refractivity contribution in [2.24, 2.45) is 0 Å². The number of fused-ring (bicyclic) bond motifs is 2. The van der Waals surface area contributed by atoms with Crippen molar-refractivity contribution < 1.29 is 0 Å². The molecule has 0 aliphatic carbocycles. The van der Waals surface area contributed by atoms with E-state index in [1.165, 1.54) is 44.8 Å². The molecule has 5 rings (SSSR count). The molecular formula is C24H24N2S. The van der Waals surface area contributed by atoms with Gasteiger partial charge < -0.3 is 10.6 Å². The zero-order valence-corrected chi connectivity index (χ0v) is 16.1. The number of nitrogens with one attached hydrogen (secondary N) is 2. The Morgan fingerprint density at radius 1 is 0.889 bits per heavy atom. The monoisotopic (exact) mass is 372 g/mol. The van der Waals surface area contributed by atoms with E-state index in [2.05, 4.69) is 82.7 Å². The van der Waals surface area contributed by atoms with Gasteiger partial charge in [-0.3, -0.25) is 0 Å². The second-order valence-corrected chi connectivity index (χ2v) is 8.36. The molecule has 2 heterocycles. The van der Waals surface area contributed by atoms with E-state index < -0.39 is 0 Å². The van der Waals surface area contributed by atoms with Gasteiger partial charge in [0.15, 0.2) is 0 Å². The van der Waals surface area contributed by atoms with Crippen LogP contribution in [0.5, 0.6) is 0 Å². The van der Waals surface area contributed by atoms with Gasteiger partial charge in [-0.05, 0) is 76.8 Å². The Bertz CT molecular complexity index is 1060. The zero-order chi connectivity index (χ0) is 18.1. The van der Waals surface area contributed by atoms with Gasteiger partial charge in [0.1, 0.15) is 0 Å². The summed E-state index contributed by atoms with van der Waals surface area (Å²) in [5, 5.41) is 13.7. The molecule has 0 amide bonds. The van der Waals surface area contributed by atoms with Crippen LogP contribution in [-0.4, -0.2) is 19.1 Å². The minimum atomic E-state index is 0.212. The lowest BCUT2D eigenvalue weighted by Crippen LogP contribution is -2.41. The van der Waals surface area contributed by atoms with Crippen LogP contribution in [0.3, 0.4) is 0 Å². The third-order valence-electron chi connectivity index (χ3n) is 5.69. The van der Waals surface area contributed by atoms with Crippen LogP contribution in [-0.2, 0) is 0 Å². The fourth-order valence-corrected chi connectivity index (χ4v) is 5.03. The van der Waals surface area contributed by atoms with E-state index in [0.29, 0.717) is 6.04 Å². The maximum absolute atomic E-state index is 4.00. The highest BCUT2D eigenvalue weighted by Gasteiger charge is 2.22. The Hall–Kier alpha value is -2.20. The predicted molar refractivity (Wildman–Crippen MR) is 117 cm³/mol. The van der Waals surface area contributed by atoms with E-state index in [0.717, 1.165) is 13.1 Å². The maximum Gasteiger partial charge on any atom is 0.0585 e.